The van der Waals surface area contributed by atoms with Crippen LogP contribution in [0.2, 0.25) is 0 Å². The number of aryl methyl sites for hydroxylation is 2. The Bertz CT molecular complexity index is 1680. The van der Waals surface area contributed by atoms with Crippen LogP contribution in [0.15, 0.2) is 50.1 Å². The molecule has 3 heterocycles. The Hall–Kier alpha value is -4.42. The summed E-state index contributed by atoms with van der Waals surface area (Å²) in [6.07, 6.45) is 0. The molecule has 1 N–H and O–H groups in total. The monoisotopic (exact) mass is 470 g/mol. The Morgan fingerprint density at radius 1 is 1.26 bits per heavy atom. The van der Waals surface area contributed by atoms with Crippen molar-refractivity contribution >= 4 is 22.0 Å². The summed E-state index contributed by atoms with van der Waals surface area (Å²) in [5.74, 6) is 0.556. The number of benzene rings is 2. The molecule has 9 nitrogen and oxygen atoms in total. The molecule has 1 atom stereocenters. The van der Waals surface area contributed by atoms with Gasteiger partial charge in [0.05, 0.1) is 48.2 Å². The second-order valence-electron chi connectivity index (χ2n) is 8.28. The van der Waals surface area contributed by atoms with Crippen LogP contribution in [0, 0.1) is 25.2 Å². The van der Waals surface area contributed by atoms with Crippen molar-refractivity contribution < 1.29 is 18.8 Å². The van der Waals surface area contributed by atoms with Crippen LogP contribution in [-0.2, 0) is 6.61 Å². The quantitative estimate of drug-likeness (QED) is 0.400. The SMILES string of the molecule is COc1cc2c(cc1-c1c(C)noc1C)nc(CO)c1oc(=O)n(C(C)c3ccccc3C#N)c12. The summed E-state index contributed by atoms with van der Waals surface area (Å²) < 4.78 is 18.1. The van der Waals surface area contributed by atoms with E-state index in [4.69, 9.17) is 13.7 Å². The molecule has 5 rings (SSSR count). The topological polar surface area (TPSA) is 127 Å². The fourth-order valence-corrected chi connectivity index (χ4v) is 4.67. The Labute approximate surface area is 199 Å². The molecule has 9 heteroatoms. The summed E-state index contributed by atoms with van der Waals surface area (Å²) in [6, 6.07) is 12.4. The molecular weight excluding hydrogens is 448 g/mol. The lowest BCUT2D eigenvalue weighted by Crippen LogP contribution is -2.20. The van der Waals surface area contributed by atoms with E-state index in [0.29, 0.717) is 44.8 Å². The molecule has 0 fully saturated rings. The van der Waals surface area contributed by atoms with Crippen molar-refractivity contribution in [3.63, 3.8) is 0 Å². The third-order valence-corrected chi connectivity index (χ3v) is 6.30. The number of fused-ring (bicyclic) bond motifs is 3. The number of oxazole rings is 1. The number of nitriles is 1. The Morgan fingerprint density at radius 3 is 2.69 bits per heavy atom. The van der Waals surface area contributed by atoms with Gasteiger partial charge in [-0.2, -0.15) is 5.26 Å². The van der Waals surface area contributed by atoms with Crippen LogP contribution in [0.4, 0.5) is 0 Å². The Balaban J connectivity index is 1.88. The van der Waals surface area contributed by atoms with E-state index in [1.165, 1.54) is 4.57 Å². The summed E-state index contributed by atoms with van der Waals surface area (Å²) >= 11 is 0. The number of hydrogen-bond donors (Lipinski definition) is 1. The minimum absolute atomic E-state index is 0.193. The fourth-order valence-electron chi connectivity index (χ4n) is 4.67. The van der Waals surface area contributed by atoms with Crippen LogP contribution < -0.4 is 10.5 Å². The van der Waals surface area contributed by atoms with Gasteiger partial charge in [-0.15, -0.1) is 0 Å². The first kappa shape index (κ1) is 22.4. The highest BCUT2D eigenvalue weighted by Gasteiger charge is 2.25. The maximum Gasteiger partial charge on any atom is 0.420 e. The molecular formula is C26H22N4O5. The van der Waals surface area contributed by atoms with Crippen molar-refractivity contribution in [3.8, 4) is 22.9 Å². The number of nitrogens with zero attached hydrogens (tertiary/aromatic N) is 4. The van der Waals surface area contributed by atoms with Gasteiger partial charge in [-0.05, 0) is 44.5 Å². The molecule has 0 saturated heterocycles. The zero-order valence-electron chi connectivity index (χ0n) is 19.6. The number of hydrogen-bond acceptors (Lipinski definition) is 8. The second kappa shape index (κ2) is 8.42. The maximum atomic E-state index is 13.1. The van der Waals surface area contributed by atoms with Crippen LogP contribution in [0.5, 0.6) is 5.75 Å². The molecule has 5 aromatic rings. The van der Waals surface area contributed by atoms with Gasteiger partial charge >= 0.3 is 5.76 Å². The standard InChI is InChI=1S/C26H22N4O5/c1-13-23(15(3)35-29-13)19-9-20-18(10-22(19)33-4)24-25(21(12-31)28-20)34-26(32)30(24)14(2)17-8-6-5-7-16(17)11-27/h5-10,14,31H,12H2,1-4H3. The van der Waals surface area contributed by atoms with Crippen molar-refractivity contribution in [3.05, 3.63) is 75.2 Å². The highest BCUT2D eigenvalue weighted by molar-refractivity contribution is 6.05. The number of methoxy groups -OCH3 is 1. The first-order chi connectivity index (χ1) is 16.9. The van der Waals surface area contributed by atoms with E-state index in [-0.39, 0.29) is 11.3 Å². The summed E-state index contributed by atoms with van der Waals surface area (Å²) in [5.41, 5.74) is 4.78. The number of rotatable bonds is 5. The predicted octanol–water partition coefficient (Wildman–Crippen LogP) is 4.40. The summed E-state index contributed by atoms with van der Waals surface area (Å²) in [6.45, 7) is 5.06. The zero-order chi connectivity index (χ0) is 24.9. The largest absolute Gasteiger partial charge is 0.496 e. The molecule has 0 bridgehead atoms. The van der Waals surface area contributed by atoms with E-state index in [1.54, 1.807) is 31.4 Å². The van der Waals surface area contributed by atoms with Gasteiger partial charge in [0.2, 0.25) is 0 Å². The average Bonchev–Trinajstić information content (AvgIpc) is 3.40. The van der Waals surface area contributed by atoms with Gasteiger partial charge in [-0.3, -0.25) is 4.57 Å². The van der Waals surface area contributed by atoms with Gasteiger partial charge in [0, 0.05) is 10.9 Å². The van der Waals surface area contributed by atoms with Crippen LogP contribution in [0.3, 0.4) is 0 Å². The summed E-state index contributed by atoms with van der Waals surface area (Å²) in [7, 11) is 1.56. The lowest BCUT2D eigenvalue weighted by atomic mass is 9.99. The molecule has 176 valence electrons. The molecule has 1 unspecified atom stereocenters. The highest BCUT2D eigenvalue weighted by Crippen LogP contribution is 2.40. The van der Waals surface area contributed by atoms with E-state index in [0.717, 1.165) is 11.1 Å². The first-order valence-corrected chi connectivity index (χ1v) is 11.0. The first-order valence-electron chi connectivity index (χ1n) is 11.0. The Kier molecular flexibility index (Phi) is 5.38. The van der Waals surface area contributed by atoms with E-state index < -0.39 is 18.4 Å². The number of aliphatic hydroxyl groups is 1. The third-order valence-electron chi connectivity index (χ3n) is 6.30. The molecule has 3 aromatic heterocycles. The lowest BCUT2D eigenvalue weighted by Gasteiger charge is -2.17. The van der Waals surface area contributed by atoms with E-state index in [1.807, 2.05) is 32.9 Å². The fraction of sp³-hybridized carbons (Fsp3) is 0.231. The lowest BCUT2D eigenvalue weighted by molar-refractivity contribution is 0.277. The summed E-state index contributed by atoms with van der Waals surface area (Å²) in [5, 5.41) is 24.3. The molecule has 0 amide bonds. The summed E-state index contributed by atoms with van der Waals surface area (Å²) in [4.78, 5) is 17.7. The normalized spacial score (nSPS) is 12.2. The molecule has 35 heavy (non-hydrogen) atoms. The second-order valence-corrected chi connectivity index (χ2v) is 8.28. The molecule has 0 saturated carbocycles. The maximum absolute atomic E-state index is 13.1. The minimum atomic E-state index is -0.613. The molecule has 0 spiro atoms. The minimum Gasteiger partial charge on any atom is -0.496 e. The third kappa shape index (κ3) is 3.38. The van der Waals surface area contributed by atoms with Crippen molar-refractivity contribution in [2.75, 3.05) is 7.11 Å². The zero-order valence-corrected chi connectivity index (χ0v) is 19.6. The smallest absolute Gasteiger partial charge is 0.420 e. The van der Waals surface area contributed by atoms with Crippen molar-refractivity contribution in [1.29, 1.82) is 5.26 Å². The van der Waals surface area contributed by atoms with Gasteiger partial charge in [-0.1, -0.05) is 23.4 Å². The van der Waals surface area contributed by atoms with Crippen molar-refractivity contribution in [2.45, 2.75) is 33.4 Å². The van der Waals surface area contributed by atoms with Gasteiger partial charge in [0.25, 0.3) is 0 Å². The number of ether oxygens (including phenoxy) is 1. The number of pyridine rings is 1. The van der Waals surface area contributed by atoms with Gasteiger partial charge in [-0.25, -0.2) is 9.78 Å². The van der Waals surface area contributed by atoms with Gasteiger partial charge in [0.15, 0.2) is 5.58 Å². The van der Waals surface area contributed by atoms with Crippen molar-refractivity contribution in [2.24, 2.45) is 0 Å². The van der Waals surface area contributed by atoms with Crippen LogP contribution in [0.25, 0.3) is 33.1 Å². The van der Waals surface area contributed by atoms with Crippen LogP contribution >= 0.6 is 0 Å². The van der Waals surface area contributed by atoms with Gasteiger partial charge in [0.1, 0.15) is 22.7 Å². The molecule has 2 aromatic carbocycles. The van der Waals surface area contributed by atoms with Crippen LogP contribution in [-0.4, -0.2) is 26.9 Å². The predicted molar refractivity (Wildman–Crippen MR) is 128 cm³/mol. The van der Waals surface area contributed by atoms with Crippen LogP contribution in [0.1, 0.15) is 41.2 Å². The van der Waals surface area contributed by atoms with E-state index >= 15 is 0 Å². The average molecular weight is 470 g/mol. The highest BCUT2D eigenvalue weighted by atomic mass is 16.5. The molecule has 0 aliphatic rings. The Morgan fingerprint density at radius 2 is 2.03 bits per heavy atom. The van der Waals surface area contributed by atoms with Crippen molar-refractivity contribution in [1.82, 2.24) is 14.7 Å². The molecule has 0 aliphatic carbocycles. The number of aromatic nitrogens is 3. The van der Waals surface area contributed by atoms with E-state index in [2.05, 4.69) is 16.2 Å². The van der Waals surface area contributed by atoms with E-state index in [9.17, 15) is 15.2 Å². The molecule has 0 radical (unpaired) electrons. The van der Waals surface area contributed by atoms with Gasteiger partial charge < -0.3 is 18.8 Å². The number of aliphatic hydroxyl groups excluding tert-OH is 1. The molecule has 0 aliphatic heterocycles.